The van der Waals surface area contributed by atoms with Crippen molar-refractivity contribution in [1.82, 2.24) is 15.5 Å². The van der Waals surface area contributed by atoms with E-state index in [0.717, 1.165) is 25.2 Å². The predicted octanol–water partition coefficient (Wildman–Crippen LogP) is 1.39. The number of nitrogens with one attached hydrogen (secondary N) is 1. The number of aryl methyl sites for hydroxylation is 1. The van der Waals surface area contributed by atoms with Crippen LogP contribution < -0.4 is 5.32 Å². The van der Waals surface area contributed by atoms with Crippen LogP contribution >= 0.6 is 0 Å². The summed E-state index contributed by atoms with van der Waals surface area (Å²) < 4.78 is 10.0. The highest BCUT2D eigenvalue weighted by molar-refractivity contribution is 4.86. The van der Waals surface area contributed by atoms with E-state index in [1.165, 1.54) is 0 Å². The standard InChI is InChI=1S/C11H21N3O2/c1-9(2)4-5-10-13-11(16-14-10)8-12-6-7-15-3/h9,12H,4-8H2,1-3H3. The first kappa shape index (κ1) is 13.1. The summed E-state index contributed by atoms with van der Waals surface area (Å²) in [5.41, 5.74) is 0. The number of hydrogen-bond donors (Lipinski definition) is 1. The van der Waals surface area contributed by atoms with Crippen LogP contribution in [0.5, 0.6) is 0 Å². The monoisotopic (exact) mass is 227 g/mol. The van der Waals surface area contributed by atoms with Gasteiger partial charge in [-0.15, -0.1) is 0 Å². The molecule has 1 rings (SSSR count). The van der Waals surface area contributed by atoms with Gasteiger partial charge in [0.15, 0.2) is 5.82 Å². The maximum atomic E-state index is 5.11. The molecule has 0 bridgehead atoms. The maximum absolute atomic E-state index is 5.11. The fourth-order valence-electron chi connectivity index (χ4n) is 1.25. The Morgan fingerprint density at radius 3 is 2.94 bits per heavy atom. The van der Waals surface area contributed by atoms with E-state index in [-0.39, 0.29) is 0 Å². The summed E-state index contributed by atoms with van der Waals surface area (Å²) in [6.45, 7) is 6.47. The molecular formula is C11H21N3O2. The van der Waals surface area contributed by atoms with Gasteiger partial charge in [0.1, 0.15) is 0 Å². The number of aromatic nitrogens is 2. The van der Waals surface area contributed by atoms with Crippen LogP contribution in [-0.4, -0.2) is 30.4 Å². The number of methoxy groups -OCH3 is 1. The second kappa shape index (κ2) is 7.35. The van der Waals surface area contributed by atoms with E-state index in [4.69, 9.17) is 9.26 Å². The summed E-state index contributed by atoms with van der Waals surface area (Å²) in [6.07, 6.45) is 1.98. The molecule has 5 nitrogen and oxygen atoms in total. The Morgan fingerprint density at radius 2 is 2.25 bits per heavy atom. The Bertz CT molecular complexity index is 287. The highest BCUT2D eigenvalue weighted by atomic mass is 16.5. The molecule has 0 aliphatic carbocycles. The summed E-state index contributed by atoms with van der Waals surface area (Å²) in [7, 11) is 1.68. The Kier molecular flexibility index (Phi) is 6.03. The predicted molar refractivity (Wildman–Crippen MR) is 61.0 cm³/mol. The lowest BCUT2D eigenvalue weighted by Gasteiger charge is -1.99. The molecule has 1 aromatic rings. The minimum absolute atomic E-state index is 0.609. The zero-order valence-corrected chi connectivity index (χ0v) is 10.3. The molecule has 0 fully saturated rings. The van der Waals surface area contributed by atoms with E-state index in [9.17, 15) is 0 Å². The molecule has 0 unspecified atom stereocenters. The van der Waals surface area contributed by atoms with Gasteiger partial charge >= 0.3 is 0 Å². The lowest BCUT2D eigenvalue weighted by atomic mass is 10.1. The molecule has 0 spiro atoms. The molecule has 1 N–H and O–H groups in total. The molecule has 5 heteroatoms. The lowest BCUT2D eigenvalue weighted by molar-refractivity contribution is 0.197. The van der Waals surface area contributed by atoms with Crippen LogP contribution in [0, 0.1) is 5.92 Å². The molecule has 1 heterocycles. The van der Waals surface area contributed by atoms with E-state index in [0.29, 0.717) is 25.0 Å². The van der Waals surface area contributed by atoms with Gasteiger partial charge < -0.3 is 14.6 Å². The normalized spacial score (nSPS) is 11.2. The van der Waals surface area contributed by atoms with Crippen LogP contribution in [0.2, 0.25) is 0 Å². The van der Waals surface area contributed by atoms with Crippen LogP contribution in [0.4, 0.5) is 0 Å². The molecule has 0 radical (unpaired) electrons. The lowest BCUT2D eigenvalue weighted by Crippen LogP contribution is -2.18. The summed E-state index contributed by atoms with van der Waals surface area (Å²) in [6, 6.07) is 0. The fraction of sp³-hybridized carbons (Fsp3) is 0.818. The molecule has 0 amide bonds. The molecular weight excluding hydrogens is 206 g/mol. The first-order valence-corrected chi connectivity index (χ1v) is 5.73. The van der Waals surface area contributed by atoms with E-state index in [1.54, 1.807) is 7.11 Å². The molecule has 0 aliphatic rings. The Labute approximate surface area is 96.6 Å². The van der Waals surface area contributed by atoms with Gasteiger partial charge in [-0.05, 0) is 12.3 Å². The van der Waals surface area contributed by atoms with Crippen LogP contribution in [0.1, 0.15) is 32.0 Å². The summed E-state index contributed by atoms with van der Waals surface area (Å²) in [5.74, 6) is 2.12. The van der Waals surface area contributed by atoms with Crippen molar-refractivity contribution in [2.24, 2.45) is 5.92 Å². The number of nitrogens with zero attached hydrogens (tertiary/aromatic N) is 2. The van der Waals surface area contributed by atoms with Gasteiger partial charge in [0.05, 0.1) is 13.2 Å². The number of hydrogen-bond acceptors (Lipinski definition) is 5. The third-order valence-electron chi connectivity index (χ3n) is 2.21. The van der Waals surface area contributed by atoms with Gasteiger partial charge in [0.25, 0.3) is 0 Å². The van der Waals surface area contributed by atoms with Crippen LogP contribution in [0.25, 0.3) is 0 Å². The van der Waals surface area contributed by atoms with Gasteiger partial charge in [-0.3, -0.25) is 0 Å². The summed E-state index contributed by atoms with van der Waals surface area (Å²) in [4.78, 5) is 4.30. The third kappa shape index (κ3) is 5.23. The Balaban J connectivity index is 2.22. The molecule has 16 heavy (non-hydrogen) atoms. The average Bonchev–Trinajstić information content (AvgIpc) is 2.70. The fourth-order valence-corrected chi connectivity index (χ4v) is 1.25. The molecule has 92 valence electrons. The first-order valence-electron chi connectivity index (χ1n) is 5.73. The van der Waals surface area contributed by atoms with Crippen molar-refractivity contribution in [3.63, 3.8) is 0 Å². The third-order valence-corrected chi connectivity index (χ3v) is 2.21. The first-order chi connectivity index (χ1) is 7.72. The second-order valence-corrected chi connectivity index (χ2v) is 4.21. The number of rotatable bonds is 8. The SMILES string of the molecule is COCCNCc1nc(CCC(C)C)no1. The van der Waals surface area contributed by atoms with Crippen molar-refractivity contribution in [3.05, 3.63) is 11.7 Å². The molecule has 0 aromatic carbocycles. The molecule has 0 saturated heterocycles. The van der Waals surface area contributed by atoms with Crippen LogP contribution in [-0.2, 0) is 17.7 Å². The second-order valence-electron chi connectivity index (χ2n) is 4.21. The van der Waals surface area contributed by atoms with E-state index >= 15 is 0 Å². The van der Waals surface area contributed by atoms with Crippen molar-refractivity contribution in [1.29, 1.82) is 0 Å². The van der Waals surface area contributed by atoms with Crippen LogP contribution in [0.3, 0.4) is 0 Å². The molecule has 0 aliphatic heterocycles. The van der Waals surface area contributed by atoms with Gasteiger partial charge in [0.2, 0.25) is 5.89 Å². The van der Waals surface area contributed by atoms with Gasteiger partial charge in [-0.25, -0.2) is 0 Å². The van der Waals surface area contributed by atoms with Gasteiger partial charge in [-0.1, -0.05) is 19.0 Å². The number of ether oxygens (including phenoxy) is 1. The quantitative estimate of drug-likeness (QED) is 0.680. The topological polar surface area (TPSA) is 60.2 Å². The summed E-state index contributed by atoms with van der Waals surface area (Å²) >= 11 is 0. The Morgan fingerprint density at radius 1 is 1.44 bits per heavy atom. The molecule has 0 saturated carbocycles. The van der Waals surface area contributed by atoms with Crippen LogP contribution in [0.15, 0.2) is 4.52 Å². The highest BCUT2D eigenvalue weighted by Gasteiger charge is 2.06. The van der Waals surface area contributed by atoms with Gasteiger partial charge in [0, 0.05) is 20.1 Å². The zero-order valence-electron chi connectivity index (χ0n) is 10.3. The highest BCUT2D eigenvalue weighted by Crippen LogP contribution is 2.06. The van der Waals surface area contributed by atoms with E-state index < -0.39 is 0 Å². The zero-order chi connectivity index (χ0) is 11.8. The van der Waals surface area contributed by atoms with Crippen molar-refractivity contribution in [2.75, 3.05) is 20.3 Å². The average molecular weight is 227 g/mol. The maximum Gasteiger partial charge on any atom is 0.240 e. The molecule has 0 atom stereocenters. The minimum Gasteiger partial charge on any atom is -0.383 e. The van der Waals surface area contributed by atoms with E-state index in [1.807, 2.05) is 0 Å². The van der Waals surface area contributed by atoms with Gasteiger partial charge in [-0.2, -0.15) is 4.98 Å². The smallest absolute Gasteiger partial charge is 0.240 e. The van der Waals surface area contributed by atoms with Crippen molar-refractivity contribution < 1.29 is 9.26 Å². The molecule has 1 aromatic heterocycles. The minimum atomic E-state index is 0.609. The van der Waals surface area contributed by atoms with Crippen molar-refractivity contribution in [3.8, 4) is 0 Å². The van der Waals surface area contributed by atoms with E-state index in [2.05, 4.69) is 29.3 Å². The van der Waals surface area contributed by atoms with Crippen molar-refractivity contribution >= 4 is 0 Å². The van der Waals surface area contributed by atoms with Crippen molar-refractivity contribution in [2.45, 2.75) is 33.2 Å². The Hall–Kier alpha value is -0.940. The largest absolute Gasteiger partial charge is 0.383 e. The summed E-state index contributed by atoms with van der Waals surface area (Å²) in [5, 5.41) is 7.09.